The monoisotopic (exact) mass is 314 g/mol. The van der Waals surface area contributed by atoms with Gasteiger partial charge in [0.1, 0.15) is 18.3 Å². The molecule has 0 saturated carbocycles. The molecule has 3 rings (SSSR count). The minimum atomic E-state index is -0.636. The van der Waals surface area contributed by atoms with Crippen molar-refractivity contribution in [3.8, 4) is 0 Å². The second-order valence-electron chi connectivity index (χ2n) is 7.34. The van der Waals surface area contributed by atoms with Crippen molar-refractivity contribution in [2.75, 3.05) is 0 Å². The van der Waals surface area contributed by atoms with Crippen LogP contribution in [0.1, 0.15) is 48.0 Å². The molecule has 5 heteroatoms. The maximum atomic E-state index is 6.11. The molecule has 0 bridgehead atoms. The van der Waals surface area contributed by atoms with Gasteiger partial charge in [0.25, 0.3) is 0 Å². The Labute approximate surface area is 133 Å². The van der Waals surface area contributed by atoms with Gasteiger partial charge in [-0.3, -0.25) is 0 Å². The highest BCUT2D eigenvalue weighted by atomic mass is 16.9. The van der Waals surface area contributed by atoms with Gasteiger partial charge < -0.3 is 23.7 Å². The molecule has 3 aliphatic heterocycles. The number of fused-ring (bicyclic) bond motifs is 3. The molecule has 0 unspecified atom stereocenters. The summed E-state index contributed by atoms with van der Waals surface area (Å²) < 4.78 is 30.1. The molecular formula is C17H30O5. The Morgan fingerprint density at radius 2 is 1.32 bits per heavy atom. The smallest absolute Gasteiger partial charge is 0.190 e. The molecule has 0 aromatic heterocycles. The maximum absolute atomic E-state index is 6.11. The third kappa shape index (κ3) is 3.54. The van der Waals surface area contributed by atoms with Gasteiger partial charge in [-0.05, 0) is 40.0 Å². The lowest BCUT2D eigenvalue weighted by Gasteiger charge is -2.38. The Hall–Kier alpha value is -0.460. The van der Waals surface area contributed by atoms with Crippen molar-refractivity contribution < 1.29 is 23.7 Å². The summed E-state index contributed by atoms with van der Waals surface area (Å²) in [6.07, 6.45) is 0.0989. The van der Waals surface area contributed by atoms with Crippen molar-refractivity contribution in [2.24, 2.45) is 5.92 Å². The standard InChI is InChI=1S/C15H26O5.C2H4/c1-8(2)7-9-10-11(18-14(3,4)17-10)12-13(16-9)20-15(5,6)19-12;1-2/h8-13H,7H2,1-6H3;1-2H2/t9-,10+,11+,12-,13-;/m0./s1. The predicted molar refractivity (Wildman–Crippen MR) is 83.2 cm³/mol. The number of hydrogen-bond donors (Lipinski definition) is 0. The first kappa shape index (κ1) is 17.9. The van der Waals surface area contributed by atoms with E-state index in [9.17, 15) is 0 Å². The van der Waals surface area contributed by atoms with E-state index >= 15 is 0 Å². The average molecular weight is 314 g/mol. The topological polar surface area (TPSA) is 46.2 Å². The molecule has 0 aliphatic carbocycles. The highest BCUT2D eigenvalue weighted by molar-refractivity contribution is 5.00. The van der Waals surface area contributed by atoms with Crippen LogP contribution >= 0.6 is 0 Å². The van der Waals surface area contributed by atoms with E-state index in [0.717, 1.165) is 6.42 Å². The molecule has 0 N–H and O–H groups in total. The molecule has 5 atom stereocenters. The lowest BCUT2D eigenvalue weighted by Crippen LogP contribution is -2.55. The van der Waals surface area contributed by atoms with Crippen molar-refractivity contribution in [3.63, 3.8) is 0 Å². The Bertz CT molecular complexity index is 393. The summed E-state index contributed by atoms with van der Waals surface area (Å²) in [6.45, 7) is 18.0. The van der Waals surface area contributed by atoms with E-state index in [1.54, 1.807) is 0 Å². The molecule has 128 valence electrons. The quantitative estimate of drug-likeness (QED) is 0.732. The van der Waals surface area contributed by atoms with Crippen molar-refractivity contribution in [2.45, 2.75) is 90.2 Å². The van der Waals surface area contributed by atoms with Crippen LogP contribution in [-0.2, 0) is 23.7 Å². The van der Waals surface area contributed by atoms with Gasteiger partial charge in [0, 0.05) is 0 Å². The van der Waals surface area contributed by atoms with E-state index in [0.29, 0.717) is 5.92 Å². The molecular weight excluding hydrogens is 284 g/mol. The van der Waals surface area contributed by atoms with Crippen LogP contribution in [0.4, 0.5) is 0 Å². The second-order valence-corrected chi connectivity index (χ2v) is 7.34. The Morgan fingerprint density at radius 1 is 0.818 bits per heavy atom. The summed E-state index contributed by atoms with van der Waals surface area (Å²) in [5.41, 5.74) is 0. The van der Waals surface area contributed by atoms with Crippen LogP contribution in [0.2, 0.25) is 0 Å². The summed E-state index contributed by atoms with van der Waals surface area (Å²) >= 11 is 0. The van der Waals surface area contributed by atoms with Crippen molar-refractivity contribution in [1.29, 1.82) is 0 Å². The first-order valence-corrected chi connectivity index (χ1v) is 8.04. The summed E-state index contributed by atoms with van der Waals surface area (Å²) in [5, 5.41) is 0. The molecule has 3 aliphatic rings. The van der Waals surface area contributed by atoms with Crippen molar-refractivity contribution in [1.82, 2.24) is 0 Å². The van der Waals surface area contributed by atoms with E-state index in [2.05, 4.69) is 27.0 Å². The van der Waals surface area contributed by atoms with Gasteiger partial charge in [0.05, 0.1) is 6.10 Å². The van der Waals surface area contributed by atoms with E-state index in [4.69, 9.17) is 23.7 Å². The zero-order valence-corrected chi connectivity index (χ0v) is 14.6. The van der Waals surface area contributed by atoms with Crippen molar-refractivity contribution >= 4 is 0 Å². The number of hydrogen-bond acceptors (Lipinski definition) is 5. The zero-order chi connectivity index (χ0) is 16.7. The zero-order valence-electron chi connectivity index (χ0n) is 14.6. The highest BCUT2D eigenvalue weighted by Gasteiger charge is 2.60. The fraction of sp³-hybridized carbons (Fsp3) is 0.882. The molecule has 0 radical (unpaired) electrons. The van der Waals surface area contributed by atoms with Crippen LogP contribution in [0.3, 0.4) is 0 Å². The Kier molecular flexibility index (Phi) is 5.05. The van der Waals surface area contributed by atoms with Gasteiger partial charge in [-0.2, -0.15) is 0 Å². The van der Waals surface area contributed by atoms with Crippen LogP contribution in [-0.4, -0.2) is 42.3 Å². The Balaban J connectivity index is 0.000000847. The summed E-state index contributed by atoms with van der Waals surface area (Å²) in [7, 11) is 0. The molecule has 0 aromatic rings. The van der Waals surface area contributed by atoms with Crippen LogP contribution < -0.4 is 0 Å². The number of ether oxygens (including phenoxy) is 5. The summed E-state index contributed by atoms with van der Waals surface area (Å²) in [6, 6.07) is 0. The third-order valence-corrected chi connectivity index (χ3v) is 3.95. The van der Waals surface area contributed by atoms with Crippen LogP contribution in [0.5, 0.6) is 0 Å². The minimum Gasteiger partial charge on any atom is -0.344 e. The normalized spacial score (nSPS) is 41.5. The molecule has 0 aromatic carbocycles. The molecule has 5 nitrogen and oxygen atoms in total. The van der Waals surface area contributed by atoms with Gasteiger partial charge in [0.2, 0.25) is 0 Å². The lowest BCUT2D eigenvalue weighted by molar-refractivity contribution is -0.236. The van der Waals surface area contributed by atoms with Gasteiger partial charge in [-0.25, -0.2) is 0 Å². The van der Waals surface area contributed by atoms with E-state index < -0.39 is 11.6 Å². The van der Waals surface area contributed by atoms with E-state index in [1.165, 1.54) is 0 Å². The fourth-order valence-corrected chi connectivity index (χ4v) is 3.35. The lowest BCUT2D eigenvalue weighted by atomic mass is 9.93. The fourth-order valence-electron chi connectivity index (χ4n) is 3.35. The Morgan fingerprint density at radius 3 is 1.91 bits per heavy atom. The SMILES string of the molecule is C=C.CC(C)C[C@@H]1O[C@H]2OC(C)(C)O[C@H]2[C@@H]2OC(C)(C)O[C@@H]21. The summed E-state index contributed by atoms with van der Waals surface area (Å²) in [5.74, 6) is -0.707. The summed E-state index contributed by atoms with van der Waals surface area (Å²) in [4.78, 5) is 0. The maximum Gasteiger partial charge on any atom is 0.190 e. The molecule has 3 saturated heterocycles. The third-order valence-electron chi connectivity index (χ3n) is 3.95. The minimum absolute atomic E-state index is 0.0134. The molecule has 3 fully saturated rings. The average Bonchev–Trinajstić information content (AvgIpc) is 2.86. The van der Waals surface area contributed by atoms with Gasteiger partial charge >= 0.3 is 0 Å². The molecule has 0 spiro atoms. The number of rotatable bonds is 2. The van der Waals surface area contributed by atoms with Gasteiger partial charge in [0.15, 0.2) is 17.9 Å². The first-order valence-electron chi connectivity index (χ1n) is 8.04. The van der Waals surface area contributed by atoms with Crippen LogP contribution in [0, 0.1) is 5.92 Å². The van der Waals surface area contributed by atoms with Crippen LogP contribution in [0.25, 0.3) is 0 Å². The van der Waals surface area contributed by atoms with Crippen LogP contribution in [0.15, 0.2) is 13.2 Å². The van der Waals surface area contributed by atoms with Crippen molar-refractivity contribution in [3.05, 3.63) is 13.2 Å². The predicted octanol–water partition coefficient (Wildman–Crippen LogP) is 3.23. The molecule has 0 amide bonds. The van der Waals surface area contributed by atoms with Gasteiger partial charge in [-0.1, -0.05) is 13.8 Å². The van der Waals surface area contributed by atoms with E-state index in [1.807, 2.05) is 27.7 Å². The van der Waals surface area contributed by atoms with E-state index in [-0.39, 0.29) is 30.7 Å². The highest BCUT2D eigenvalue weighted by Crippen LogP contribution is 2.45. The molecule has 22 heavy (non-hydrogen) atoms. The first-order chi connectivity index (χ1) is 10.2. The largest absolute Gasteiger partial charge is 0.344 e. The molecule has 3 heterocycles. The second kappa shape index (κ2) is 6.21. The van der Waals surface area contributed by atoms with Gasteiger partial charge in [-0.15, -0.1) is 13.2 Å².